The molecule has 0 unspecified atom stereocenters. The van der Waals surface area contributed by atoms with Crippen molar-refractivity contribution in [3.8, 4) is 22.5 Å². The van der Waals surface area contributed by atoms with Crippen LogP contribution in [0.5, 0.6) is 0 Å². The van der Waals surface area contributed by atoms with E-state index in [9.17, 15) is 0 Å². The van der Waals surface area contributed by atoms with E-state index < -0.39 is 0 Å². The van der Waals surface area contributed by atoms with Crippen LogP contribution in [-0.2, 0) is 0 Å². The molecule has 8 nitrogen and oxygen atoms in total. The van der Waals surface area contributed by atoms with Gasteiger partial charge in [0.05, 0.1) is 41.0 Å². The molecule has 1 saturated heterocycles. The van der Waals surface area contributed by atoms with Crippen molar-refractivity contribution in [3.63, 3.8) is 0 Å². The summed E-state index contributed by atoms with van der Waals surface area (Å²) in [6.07, 6.45) is 7.60. The van der Waals surface area contributed by atoms with Crippen molar-refractivity contribution in [2.24, 2.45) is 0 Å². The standard InChI is InChI=1S/C22H22N8/c1-29-4-6-30(7-5-29)21-13-23-12-20-16(21)9-19(26-20)22-17-8-14(15-10-24-25-11-15)2-3-18(17)27-28-22/h2-3,8-13,26H,4-7H2,1H3,(H,24,25)(H,27,28). The van der Waals surface area contributed by atoms with Crippen molar-refractivity contribution in [1.82, 2.24) is 35.3 Å². The molecule has 4 aromatic heterocycles. The third kappa shape index (κ3) is 2.76. The number of hydrogen-bond donors (Lipinski definition) is 3. The first-order valence-corrected chi connectivity index (χ1v) is 10.1. The fraction of sp³-hybridized carbons (Fsp3) is 0.227. The molecule has 0 amide bonds. The SMILES string of the molecule is CN1CCN(c2cncc3[nH]c(-c4n[nH]c5ccc(-c6cn[nH]c6)cc45)cc23)CC1. The molecule has 0 saturated carbocycles. The smallest absolute Gasteiger partial charge is 0.116 e. The van der Waals surface area contributed by atoms with Gasteiger partial charge >= 0.3 is 0 Å². The molecule has 1 aromatic carbocycles. The van der Waals surface area contributed by atoms with Gasteiger partial charge in [-0.2, -0.15) is 10.2 Å². The number of H-pyrrole nitrogens is 3. The van der Waals surface area contributed by atoms with E-state index in [4.69, 9.17) is 0 Å². The zero-order chi connectivity index (χ0) is 20.1. The topological polar surface area (TPSA) is 92.5 Å². The van der Waals surface area contributed by atoms with Crippen molar-refractivity contribution >= 4 is 27.5 Å². The number of piperazine rings is 1. The molecule has 5 heterocycles. The van der Waals surface area contributed by atoms with E-state index in [0.717, 1.165) is 65.1 Å². The fourth-order valence-electron chi connectivity index (χ4n) is 4.27. The third-order valence-electron chi connectivity index (χ3n) is 6.02. The minimum Gasteiger partial charge on any atom is -0.367 e. The third-order valence-corrected chi connectivity index (χ3v) is 6.02. The Morgan fingerprint density at radius 2 is 1.80 bits per heavy atom. The van der Waals surface area contributed by atoms with E-state index in [1.165, 1.54) is 11.1 Å². The first kappa shape index (κ1) is 17.2. The summed E-state index contributed by atoms with van der Waals surface area (Å²) >= 11 is 0. The first-order valence-electron chi connectivity index (χ1n) is 10.1. The zero-order valence-electron chi connectivity index (χ0n) is 16.7. The Hall–Kier alpha value is -3.65. The first-order chi connectivity index (χ1) is 14.8. The molecular formula is C22H22N8. The van der Waals surface area contributed by atoms with E-state index in [1.807, 2.05) is 24.8 Å². The Labute approximate surface area is 172 Å². The summed E-state index contributed by atoms with van der Waals surface area (Å²) in [7, 11) is 2.17. The van der Waals surface area contributed by atoms with Crippen LogP contribution in [-0.4, -0.2) is 68.5 Å². The van der Waals surface area contributed by atoms with E-state index in [1.54, 1.807) is 0 Å². The van der Waals surface area contributed by atoms with Crippen LogP contribution in [0.4, 0.5) is 5.69 Å². The van der Waals surface area contributed by atoms with E-state index >= 15 is 0 Å². The van der Waals surface area contributed by atoms with Gasteiger partial charge in [0.15, 0.2) is 0 Å². The minimum atomic E-state index is 0.913. The molecule has 0 radical (unpaired) electrons. The van der Waals surface area contributed by atoms with Gasteiger partial charge in [0.2, 0.25) is 0 Å². The molecule has 0 spiro atoms. The maximum Gasteiger partial charge on any atom is 0.116 e. The molecule has 8 heteroatoms. The van der Waals surface area contributed by atoms with Crippen molar-refractivity contribution in [2.45, 2.75) is 0 Å². The summed E-state index contributed by atoms with van der Waals surface area (Å²) in [5, 5.41) is 17.0. The molecule has 0 atom stereocenters. The Bertz CT molecular complexity index is 1320. The molecule has 0 bridgehead atoms. The minimum absolute atomic E-state index is 0.913. The Morgan fingerprint density at radius 3 is 2.63 bits per heavy atom. The van der Waals surface area contributed by atoms with Gasteiger partial charge in [0.25, 0.3) is 0 Å². The van der Waals surface area contributed by atoms with Crippen LogP contribution >= 0.6 is 0 Å². The molecule has 150 valence electrons. The summed E-state index contributed by atoms with van der Waals surface area (Å²) in [5.74, 6) is 0. The largest absolute Gasteiger partial charge is 0.367 e. The summed E-state index contributed by atoms with van der Waals surface area (Å²) < 4.78 is 0. The molecule has 1 fully saturated rings. The Kier molecular flexibility index (Phi) is 3.85. The number of pyridine rings is 1. The highest BCUT2D eigenvalue weighted by Crippen LogP contribution is 2.34. The lowest BCUT2D eigenvalue weighted by atomic mass is 10.1. The number of nitrogens with zero attached hydrogens (tertiary/aromatic N) is 5. The van der Waals surface area contributed by atoms with Gasteiger partial charge in [-0.1, -0.05) is 6.07 Å². The number of aromatic amines is 3. The highest BCUT2D eigenvalue weighted by atomic mass is 15.3. The monoisotopic (exact) mass is 398 g/mol. The summed E-state index contributed by atoms with van der Waals surface area (Å²) in [6, 6.07) is 8.50. The Morgan fingerprint density at radius 1 is 0.900 bits per heavy atom. The van der Waals surface area contributed by atoms with Crippen LogP contribution < -0.4 is 4.90 Å². The van der Waals surface area contributed by atoms with E-state index in [2.05, 4.69) is 71.5 Å². The lowest BCUT2D eigenvalue weighted by molar-refractivity contribution is 0.313. The molecule has 0 aliphatic carbocycles. The predicted molar refractivity (Wildman–Crippen MR) is 118 cm³/mol. The molecule has 1 aliphatic rings. The van der Waals surface area contributed by atoms with Gasteiger partial charge in [-0.3, -0.25) is 15.2 Å². The summed E-state index contributed by atoms with van der Waals surface area (Å²) in [5.41, 5.74) is 7.29. The van der Waals surface area contributed by atoms with E-state index in [0.29, 0.717) is 0 Å². The van der Waals surface area contributed by atoms with Gasteiger partial charge in [0.1, 0.15) is 5.69 Å². The predicted octanol–water partition coefficient (Wildman–Crippen LogP) is 3.25. The number of nitrogens with one attached hydrogen (secondary N) is 3. The number of hydrogen-bond acceptors (Lipinski definition) is 5. The lowest BCUT2D eigenvalue weighted by Crippen LogP contribution is -2.44. The van der Waals surface area contributed by atoms with Gasteiger partial charge in [-0.15, -0.1) is 0 Å². The maximum atomic E-state index is 4.62. The summed E-state index contributed by atoms with van der Waals surface area (Å²) in [4.78, 5) is 12.8. The zero-order valence-corrected chi connectivity index (χ0v) is 16.7. The maximum absolute atomic E-state index is 4.62. The van der Waals surface area contributed by atoms with Crippen molar-refractivity contribution in [1.29, 1.82) is 0 Å². The molecular weight excluding hydrogens is 376 g/mol. The van der Waals surface area contributed by atoms with Gasteiger partial charge in [0, 0.05) is 48.7 Å². The van der Waals surface area contributed by atoms with Crippen LogP contribution in [0.1, 0.15) is 0 Å². The van der Waals surface area contributed by atoms with Crippen LogP contribution in [0.3, 0.4) is 0 Å². The fourth-order valence-corrected chi connectivity index (χ4v) is 4.27. The second kappa shape index (κ2) is 6.70. The normalized spacial score (nSPS) is 15.4. The van der Waals surface area contributed by atoms with Crippen LogP contribution in [0.15, 0.2) is 49.1 Å². The molecule has 30 heavy (non-hydrogen) atoms. The Balaban J connectivity index is 1.45. The number of anilines is 1. The number of benzene rings is 1. The molecule has 3 N–H and O–H groups in total. The van der Waals surface area contributed by atoms with E-state index in [-0.39, 0.29) is 0 Å². The average molecular weight is 398 g/mol. The van der Waals surface area contributed by atoms with Gasteiger partial charge in [-0.25, -0.2) is 0 Å². The number of rotatable bonds is 3. The van der Waals surface area contributed by atoms with Crippen LogP contribution in [0.25, 0.3) is 44.3 Å². The quantitative estimate of drug-likeness (QED) is 0.434. The number of likely N-dealkylation sites (N-methyl/N-ethyl adjacent to an activating group) is 1. The van der Waals surface area contributed by atoms with Crippen molar-refractivity contribution < 1.29 is 0 Å². The molecule has 5 aromatic rings. The van der Waals surface area contributed by atoms with Crippen molar-refractivity contribution in [3.05, 3.63) is 49.1 Å². The number of fused-ring (bicyclic) bond motifs is 2. The average Bonchev–Trinajstić information content (AvgIpc) is 3.52. The highest BCUT2D eigenvalue weighted by Gasteiger charge is 2.19. The van der Waals surface area contributed by atoms with Crippen molar-refractivity contribution in [2.75, 3.05) is 38.1 Å². The second-order valence-corrected chi connectivity index (χ2v) is 7.91. The highest BCUT2D eigenvalue weighted by molar-refractivity contribution is 6.00. The van der Waals surface area contributed by atoms with Gasteiger partial charge in [-0.05, 0) is 30.8 Å². The van der Waals surface area contributed by atoms with Crippen LogP contribution in [0, 0.1) is 0 Å². The molecule has 6 rings (SSSR count). The lowest BCUT2D eigenvalue weighted by Gasteiger charge is -2.34. The van der Waals surface area contributed by atoms with Gasteiger partial charge < -0.3 is 14.8 Å². The number of aromatic nitrogens is 6. The van der Waals surface area contributed by atoms with Crippen LogP contribution in [0.2, 0.25) is 0 Å². The molecule has 1 aliphatic heterocycles. The summed E-state index contributed by atoms with van der Waals surface area (Å²) in [6.45, 7) is 4.15. The second-order valence-electron chi connectivity index (χ2n) is 7.91.